The number of likely N-dealkylation sites (tertiary alicyclic amines) is 1. The highest BCUT2D eigenvalue weighted by atomic mass is 16.4. The summed E-state index contributed by atoms with van der Waals surface area (Å²) in [4.78, 5) is 30.1. The third-order valence-corrected chi connectivity index (χ3v) is 4.03. The zero-order valence-electron chi connectivity index (χ0n) is 13.0. The molecule has 2 heterocycles. The second kappa shape index (κ2) is 6.20. The van der Waals surface area contributed by atoms with Crippen molar-refractivity contribution in [1.82, 2.24) is 9.88 Å². The Balaban J connectivity index is 2.04. The highest BCUT2D eigenvalue weighted by Gasteiger charge is 2.21. The molecule has 0 saturated carbocycles. The lowest BCUT2D eigenvalue weighted by molar-refractivity contribution is 0.0697. The minimum absolute atomic E-state index is 0.104. The van der Waals surface area contributed by atoms with Crippen LogP contribution in [0.25, 0.3) is 11.3 Å². The highest BCUT2D eigenvalue weighted by Crippen LogP contribution is 2.23. The number of rotatable bonds is 3. The molecule has 0 radical (unpaired) electrons. The third kappa shape index (κ3) is 3.23. The van der Waals surface area contributed by atoms with Crippen molar-refractivity contribution in [3.63, 3.8) is 0 Å². The van der Waals surface area contributed by atoms with Crippen LogP contribution in [0, 0.1) is 6.92 Å². The first kappa shape index (κ1) is 15.2. The predicted octanol–water partition coefficient (Wildman–Crippen LogP) is 2.99. The fraction of sp³-hybridized carbons (Fsp3) is 0.278. The fourth-order valence-electron chi connectivity index (χ4n) is 2.76. The number of benzene rings is 1. The molecule has 118 valence electrons. The quantitative estimate of drug-likeness (QED) is 0.946. The summed E-state index contributed by atoms with van der Waals surface area (Å²) in [7, 11) is 0. The first-order chi connectivity index (χ1) is 11.0. The van der Waals surface area contributed by atoms with Crippen LogP contribution in [0.2, 0.25) is 0 Å². The number of pyridine rings is 1. The van der Waals surface area contributed by atoms with Crippen LogP contribution in [-0.2, 0) is 0 Å². The van der Waals surface area contributed by atoms with Crippen molar-refractivity contribution >= 4 is 11.9 Å². The van der Waals surface area contributed by atoms with Crippen molar-refractivity contribution in [3.8, 4) is 11.3 Å². The Morgan fingerprint density at radius 3 is 2.39 bits per heavy atom. The first-order valence-electron chi connectivity index (χ1n) is 7.65. The minimum atomic E-state index is -1.05. The SMILES string of the molecule is Cc1ccc(-c2cc(C(=O)O)cc(C(=O)N3CCCC3)c2)nc1. The van der Waals surface area contributed by atoms with Crippen molar-refractivity contribution in [1.29, 1.82) is 0 Å². The largest absolute Gasteiger partial charge is 0.478 e. The zero-order valence-corrected chi connectivity index (χ0v) is 13.0. The Morgan fingerprint density at radius 2 is 1.78 bits per heavy atom. The van der Waals surface area contributed by atoms with Crippen LogP contribution in [0.4, 0.5) is 0 Å². The van der Waals surface area contributed by atoms with E-state index in [2.05, 4.69) is 4.98 Å². The summed E-state index contributed by atoms with van der Waals surface area (Å²) in [6.45, 7) is 3.40. The Morgan fingerprint density at radius 1 is 1.09 bits per heavy atom. The average Bonchev–Trinajstić information content (AvgIpc) is 3.08. The van der Waals surface area contributed by atoms with Gasteiger partial charge in [-0.15, -0.1) is 0 Å². The van der Waals surface area contributed by atoms with E-state index in [0.717, 1.165) is 31.5 Å². The van der Waals surface area contributed by atoms with Gasteiger partial charge in [0.05, 0.1) is 11.3 Å². The highest BCUT2D eigenvalue weighted by molar-refractivity contribution is 5.99. The number of carbonyl (C=O) groups is 2. The van der Waals surface area contributed by atoms with E-state index in [1.165, 1.54) is 6.07 Å². The van der Waals surface area contributed by atoms with Crippen LogP contribution in [0.1, 0.15) is 39.1 Å². The normalized spacial score (nSPS) is 14.0. The summed E-state index contributed by atoms with van der Waals surface area (Å²) < 4.78 is 0. The molecule has 1 saturated heterocycles. The Kier molecular flexibility index (Phi) is 4.10. The lowest BCUT2D eigenvalue weighted by Gasteiger charge is -2.16. The lowest BCUT2D eigenvalue weighted by Crippen LogP contribution is -2.27. The van der Waals surface area contributed by atoms with Crippen molar-refractivity contribution < 1.29 is 14.7 Å². The van der Waals surface area contributed by atoms with Crippen LogP contribution >= 0.6 is 0 Å². The number of amides is 1. The van der Waals surface area contributed by atoms with E-state index >= 15 is 0 Å². The van der Waals surface area contributed by atoms with Crippen LogP contribution < -0.4 is 0 Å². The maximum absolute atomic E-state index is 12.6. The van der Waals surface area contributed by atoms with E-state index in [4.69, 9.17) is 0 Å². The summed E-state index contributed by atoms with van der Waals surface area (Å²) in [5, 5.41) is 9.33. The van der Waals surface area contributed by atoms with Crippen molar-refractivity contribution in [3.05, 3.63) is 53.2 Å². The van der Waals surface area contributed by atoms with Gasteiger partial charge in [0.1, 0.15) is 0 Å². The minimum Gasteiger partial charge on any atom is -0.478 e. The molecule has 0 aliphatic carbocycles. The van der Waals surface area contributed by atoms with Gasteiger partial charge < -0.3 is 10.0 Å². The maximum atomic E-state index is 12.6. The van der Waals surface area contributed by atoms with Gasteiger partial charge in [0.2, 0.25) is 0 Å². The molecule has 1 amide bonds. The van der Waals surface area contributed by atoms with Crippen molar-refractivity contribution in [2.75, 3.05) is 13.1 Å². The number of aromatic carboxylic acids is 1. The van der Waals surface area contributed by atoms with Gasteiger partial charge in [0.15, 0.2) is 0 Å². The first-order valence-corrected chi connectivity index (χ1v) is 7.65. The van der Waals surface area contributed by atoms with Crippen LogP contribution in [0.15, 0.2) is 36.5 Å². The fourth-order valence-corrected chi connectivity index (χ4v) is 2.76. The monoisotopic (exact) mass is 310 g/mol. The van der Waals surface area contributed by atoms with Crippen LogP contribution in [0.3, 0.4) is 0 Å². The number of aromatic nitrogens is 1. The molecule has 1 aliphatic heterocycles. The maximum Gasteiger partial charge on any atom is 0.335 e. The summed E-state index contributed by atoms with van der Waals surface area (Å²) in [6.07, 6.45) is 3.72. The molecule has 0 atom stereocenters. The van der Waals surface area contributed by atoms with Gasteiger partial charge in [-0.05, 0) is 49.6 Å². The van der Waals surface area contributed by atoms with Crippen LogP contribution in [0.5, 0.6) is 0 Å². The summed E-state index contributed by atoms with van der Waals surface area (Å²) >= 11 is 0. The second-order valence-electron chi connectivity index (χ2n) is 5.82. The molecule has 1 fully saturated rings. The van der Waals surface area contributed by atoms with Gasteiger partial charge >= 0.3 is 5.97 Å². The molecule has 0 spiro atoms. The molecule has 5 heteroatoms. The number of carboxylic acid groups (broad SMARTS) is 1. The number of carboxylic acids is 1. The zero-order chi connectivity index (χ0) is 16.4. The molecule has 0 unspecified atom stereocenters. The Hall–Kier alpha value is -2.69. The molecule has 2 aromatic rings. The number of aryl methyl sites for hydroxylation is 1. The average molecular weight is 310 g/mol. The number of hydrogen-bond donors (Lipinski definition) is 1. The standard InChI is InChI=1S/C18H18N2O3/c1-12-4-5-16(19-11-12)13-8-14(10-15(9-13)18(22)23)17(21)20-6-2-3-7-20/h4-5,8-11H,2-3,6-7H2,1H3,(H,22,23). The van der Waals surface area contributed by atoms with E-state index < -0.39 is 5.97 Å². The van der Waals surface area contributed by atoms with Gasteiger partial charge in [-0.25, -0.2) is 4.79 Å². The van der Waals surface area contributed by atoms with Crippen LogP contribution in [-0.4, -0.2) is 40.0 Å². The second-order valence-corrected chi connectivity index (χ2v) is 5.82. The summed E-state index contributed by atoms with van der Waals surface area (Å²) in [6, 6.07) is 8.48. The third-order valence-electron chi connectivity index (χ3n) is 4.03. The summed E-state index contributed by atoms with van der Waals surface area (Å²) in [5.41, 5.74) is 2.84. The van der Waals surface area contributed by atoms with E-state index in [-0.39, 0.29) is 11.5 Å². The predicted molar refractivity (Wildman–Crippen MR) is 86.5 cm³/mol. The van der Waals surface area contributed by atoms with E-state index in [1.54, 1.807) is 23.2 Å². The molecule has 5 nitrogen and oxygen atoms in total. The Labute approximate surface area is 134 Å². The lowest BCUT2D eigenvalue weighted by atomic mass is 10.0. The molecule has 0 bridgehead atoms. The van der Waals surface area contributed by atoms with E-state index in [9.17, 15) is 14.7 Å². The molecule has 3 rings (SSSR count). The van der Waals surface area contributed by atoms with Gasteiger partial charge in [-0.3, -0.25) is 9.78 Å². The smallest absolute Gasteiger partial charge is 0.335 e. The van der Waals surface area contributed by atoms with Crippen molar-refractivity contribution in [2.45, 2.75) is 19.8 Å². The molecule has 1 aromatic heterocycles. The molecule has 23 heavy (non-hydrogen) atoms. The molecular weight excluding hydrogens is 292 g/mol. The number of carbonyl (C=O) groups excluding carboxylic acids is 1. The topological polar surface area (TPSA) is 70.5 Å². The van der Waals surface area contributed by atoms with Gasteiger partial charge in [0.25, 0.3) is 5.91 Å². The van der Waals surface area contributed by atoms with E-state index in [0.29, 0.717) is 16.8 Å². The number of hydrogen-bond acceptors (Lipinski definition) is 3. The van der Waals surface area contributed by atoms with E-state index in [1.807, 2.05) is 19.1 Å². The number of nitrogens with zero attached hydrogens (tertiary/aromatic N) is 2. The Bertz CT molecular complexity index is 747. The molecular formula is C18H18N2O3. The van der Waals surface area contributed by atoms with Gasteiger partial charge in [0, 0.05) is 30.4 Å². The van der Waals surface area contributed by atoms with Gasteiger partial charge in [-0.1, -0.05) is 6.07 Å². The van der Waals surface area contributed by atoms with Gasteiger partial charge in [-0.2, -0.15) is 0 Å². The summed E-state index contributed by atoms with van der Waals surface area (Å²) in [5.74, 6) is -1.16. The molecule has 1 aromatic carbocycles. The molecule has 1 N–H and O–H groups in total. The molecule has 1 aliphatic rings. The van der Waals surface area contributed by atoms with Crippen molar-refractivity contribution in [2.24, 2.45) is 0 Å².